The highest BCUT2D eigenvalue weighted by Crippen LogP contribution is 2.22. The number of nitrogens with zero attached hydrogens (tertiary/aromatic N) is 1. The largest absolute Gasteiger partial charge is 0.461 e. The number of ether oxygens (including phenoxy) is 2. The molecule has 6 nitrogen and oxygen atoms in total. The average Bonchev–Trinajstić information content (AvgIpc) is 3.02. The molecule has 1 N–H and O–H groups in total. The molecule has 132 valence electrons. The highest BCUT2D eigenvalue weighted by atomic mass is 32.1. The van der Waals surface area contributed by atoms with Crippen molar-refractivity contribution in [2.75, 3.05) is 11.9 Å². The summed E-state index contributed by atoms with van der Waals surface area (Å²) in [6.07, 6.45) is 2.49. The van der Waals surface area contributed by atoms with E-state index in [-0.39, 0.29) is 23.2 Å². The van der Waals surface area contributed by atoms with Crippen molar-refractivity contribution in [3.8, 4) is 5.75 Å². The summed E-state index contributed by atoms with van der Waals surface area (Å²) in [6.45, 7) is -1.06. The van der Waals surface area contributed by atoms with Crippen LogP contribution in [0.1, 0.15) is 23.0 Å². The number of thiazole rings is 1. The van der Waals surface area contributed by atoms with E-state index in [1.807, 2.05) is 0 Å². The van der Waals surface area contributed by atoms with E-state index in [9.17, 15) is 18.4 Å². The lowest BCUT2D eigenvalue weighted by molar-refractivity contribution is -0.111. The number of carbonyl (C=O) groups is 2. The van der Waals surface area contributed by atoms with Gasteiger partial charge < -0.3 is 9.47 Å². The van der Waals surface area contributed by atoms with Crippen LogP contribution >= 0.6 is 11.3 Å². The Labute approximate surface area is 146 Å². The number of hydrogen-bond acceptors (Lipinski definition) is 6. The number of halogens is 2. The van der Waals surface area contributed by atoms with E-state index < -0.39 is 18.5 Å². The number of alkyl halides is 2. The molecule has 2 aromatic rings. The summed E-state index contributed by atoms with van der Waals surface area (Å²) < 4.78 is 33.8. The number of esters is 1. The first-order valence-electron chi connectivity index (χ1n) is 7.15. The fourth-order valence-corrected chi connectivity index (χ4v) is 2.45. The molecule has 0 radical (unpaired) electrons. The fraction of sp³-hybridized carbons (Fsp3) is 0.188. The van der Waals surface area contributed by atoms with E-state index in [0.717, 1.165) is 17.4 Å². The molecule has 1 aromatic heterocycles. The molecular formula is C16H14F2N2O4S. The van der Waals surface area contributed by atoms with Gasteiger partial charge in [-0.15, -0.1) is 11.3 Å². The highest BCUT2D eigenvalue weighted by molar-refractivity contribution is 7.14. The van der Waals surface area contributed by atoms with Gasteiger partial charge in [0.2, 0.25) is 5.91 Å². The lowest BCUT2D eigenvalue weighted by atomic mass is 10.2. The van der Waals surface area contributed by atoms with Gasteiger partial charge in [-0.05, 0) is 19.1 Å². The van der Waals surface area contributed by atoms with Gasteiger partial charge in [0.15, 0.2) is 10.8 Å². The van der Waals surface area contributed by atoms with Crippen molar-refractivity contribution in [1.82, 2.24) is 4.98 Å². The maximum Gasteiger partial charge on any atom is 0.387 e. The molecule has 1 aromatic carbocycles. The highest BCUT2D eigenvalue weighted by Gasteiger charge is 2.12. The molecule has 0 fully saturated rings. The van der Waals surface area contributed by atoms with Crippen LogP contribution in [0.4, 0.5) is 13.9 Å². The number of anilines is 1. The maximum absolute atomic E-state index is 12.3. The molecule has 0 aliphatic rings. The van der Waals surface area contributed by atoms with E-state index >= 15 is 0 Å². The minimum atomic E-state index is -2.96. The second-order valence-electron chi connectivity index (χ2n) is 4.50. The number of nitrogens with one attached hydrogen (secondary N) is 1. The van der Waals surface area contributed by atoms with E-state index in [2.05, 4.69) is 15.0 Å². The van der Waals surface area contributed by atoms with Crippen molar-refractivity contribution in [1.29, 1.82) is 0 Å². The smallest absolute Gasteiger partial charge is 0.387 e. The first kappa shape index (κ1) is 18.5. The number of hydrogen-bond donors (Lipinski definition) is 1. The molecule has 1 heterocycles. The molecule has 0 unspecified atom stereocenters. The van der Waals surface area contributed by atoms with Crippen LogP contribution in [-0.4, -0.2) is 30.1 Å². The zero-order chi connectivity index (χ0) is 18.2. The Hall–Kier alpha value is -2.81. The minimum Gasteiger partial charge on any atom is -0.461 e. The minimum absolute atomic E-state index is 0.0413. The quantitative estimate of drug-likeness (QED) is 0.597. The third-order valence-electron chi connectivity index (χ3n) is 2.77. The summed E-state index contributed by atoms with van der Waals surface area (Å²) in [5, 5.41) is 4.15. The molecule has 2 rings (SSSR count). The predicted molar refractivity (Wildman–Crippen MR) is 88.8 cm³/mol. The lowest BCUT2D eigenvalue weighted by Crippen LogP contribution is -2.09. The van der Waals surface area contributed by atoms with E-state index in [1.54, 1.807) is 19.1 Å². The van der Waals surface area contributed by atoms with Crippen molar-refractivity contribution < 1.29 is 27.8 Å². The fourth-order valence-electron chi connectivity index (χ4n) is 1.76. The van der Waals surface area contributed by atoms with Crippen LogP contribution in [0.2, 0.25) is 0 Å². The van der Waals surface area contributed by atoms with Crippen LogP contribution in [0.25, 0.3) is 6.08 Å². The molecule has 0 aliphatic carbocycles. The first-order chi connectivity index (χ1) is 12.0. The standard InChI is InChI=1S/C16H14F2N2O4S/c1-2-23-14(22)11-9-25-16(19-11)20-13(21)8-7-10-5-3-4-6-12(10)24-15(17)18/h3-9,15H,2H2,1H3,(H,19,20,21)/b8-7+. The number of benzene rings is 1. The zero-order valence-electron chi connectivity index (χ0n) is 13.1. The summed E-state index contributed by atoms with van der Waals surface area (Å²) in [7, 11) is 0. The van der Waals surface area contributed by atoms with Gasteiger partial charge in [0.25, 0.3) is 0 Å². The van der Waals surface area contributed by atoms with Crippen molar-refractivity contribution in [2.24, 2.45) is 0 Å². The Morgan fingerprint density at radius 3 is 2.84 bits per heavy atom. The van der Waals surface area contributed by atoms with Crippen molar-refractivity contribution in [3.05, 3.63) is 47.0 Å². The second kappa shape index (κ2) is 8.88. The number of carbonyl (C=O) groups excluding carboxylic acids is 2. The number of rotatable bonds is 7. The molecule has 9 heteroatoms. The number of para-hydroxylation sites is 1. The van der Waals surface area contributed by atoms with Gasteiger partial charge in [0.1, 0.15) is 5.75 Å². The van der Waals surface area contributed by atoms with Gasteiger partial charge in [-0.2, -0.15) is 8.78 Å². The summed E-state index contributed by atoms with van der Waals surface area (Å²) in [6, 6.07) is 6.07. The number of aromatic nitrogens is 1. The van der Waals surface area contributed by atoms with E-state index in [4.69, 9.17) is 4.74 Å². The van der Waals surface area contributed by atoms with E-state index in [0.29, 0.717) is 5.56 Å². The summed E-state index contributed by atoms with van der Waals surface area (Å²) in [5.74, 6) is -1.15. The summed E-state index contributed by atoms with van der Waals surface area (Å²) in [5.41, 5.74) is 0.422. The predicted octanol–water partition coefficient (Wildman–Crippen LogP) is 3.57. The number of amides is 1. The van der Waals surface area contributed by atoms with Gasteiger partial charge >= 0.3 is 12.6 Å². The van der Waals surface area contributed by atoms with Crippen LogP contribution in [0.15, 0.2) is 35.7 Å². The van der Waals surface area contributed by atoms with Gasteiger partial charge in [0.05, 0.1) is 6.61 Å². The molecule has 0 spiro atoms. The maximum atomic E-state index is 12.3. The van der Waals surface area contributed by atoms with Crippen LogP contribution in [0.5, 0.6) is 5.75 Å². The SMILES string of the molecule is CCOC(=O)c1csc(NC(=O)/C=C/c2ccccc2OC(F)F)n1. The Balaban J connectivity index is 2.01. The van der Waals surface area contributed by atoms with Crippen molar-refractivity contribution in [3.63, 3.8) is 0 Å². The summed E-state index contributed by atoms with van der Waals surface area (Å²) >= 11 is 1.06. The molecule has 0 bridgehead atoms. The Bertz CT molecular complexity index is 777. The molecule has 0 atom stereocenters. The Morgan fingerprint density at radius 2 is 2.12 bits per heavy atom. The monoisotopic (exact) mass is 368 g/mol. The first-order valence-corrected chi connectivity index (χ1v) is 8.03. The van der Waals surface area contributed by atoms with Crippen LogP contribution in [0, 0.1) is 0 Å². The molecule has 1 amide bonds. The molecule has 0 saturated carbocycles. The molecular weight excluding hydrogens is 354 g/mol. The van der Waals surface area contributed by atoms with Crippen molar-refractivity contribution in [2.45, 2.75) is 13.5 Å². The average molecular weight is 368 g/mol. The van der Waals surface area contributed by atoms with Crippen LogP contribution in [-0.2, 0) is 9.53 Å². The summed E-state index contributed by atoms with van der Waals surface area (Å²) in [4.78, 5) is 27.3. The topological polar surface area (TPSA) is 77.5 Å². The van der Waals surface area contributed by atoms with Crippen LogP contribution < -0.4 is 10.1 Å². The third-order valence-corrected chi connectivity index (χ3v) is 3.53. The molecule has 0 saturated heterocycles. The van der Waals surface area contributed by atoms with Gasteiger partial charge in [0, 0.05) is 17.0 Å². The Morgan fingerprint density at radius 1 is 1.36 bits per heavy atom. The lowest BCUT2D eigenvalue weighted by Gasteiger charge is -2.07. The van der Waals surface area contributed by atoms with Gasteiger partial charge in [-0.1, -0.05) is 18.2 Å². The van der Waals surface area contributed by atoms with E-state index in [1.165, 1.54) is 23.6 Å². The normalized spacial score (nSPS) is 10.9. The molecule has 25 heavy (non-hydrogen) atoms. The van der Waals surface area contributed by atoms with Gasteiger partial charge in [-0.25, -0.2) is 9.78 Å². The zero-order valence-corrected chi connectivity index (χ0v) is 13.9. The van der Waals surface area contributed by atoms with Crippen LogP contribution in [0.3, 0.4) is 0 Å². The van der Waals surface area contributed by atoms with Gasteiger partial charge in [-0.3, -0.25) is 10.1 Å². The van der Waals surface area contributed by atoms with Crippen molar-refractivity contribution >= 4 is 34.4 Å². The third kappa shape index (κ3) is 5.64. The molecule has 0 aliphatic heterocycles. The Kier molecular flexibility index (Phi) is 6.58. The second-order valence-corrected chi connectivity index (χ2v) is 5.36.